The van der Waals surface area contributed by atoms with E-state index < -0.39 is 6.03 Å². The number of benzene rings is 1. The molecule has 66 valence electrons. The Labute approximate surface area is 79.9 Å². The standard InChI is InChI=1S/C8H7N3OS/c9-5-6-3-1-2-4-7(6)13-11-8(10)12/h1-4H,(H3,10,11,12). The second-order valence-electron chi connectivity index (χ2n) is 2.18. The molecule has 3 N–H and O–H groups in total. The second-order valence-corrected chi connectivity index (χ2v) is 3.02. The van der Waals surface area contributed by atoms with E-state index in [0.717, 1.165) is 11.9 Å². The maximum atomic E-state index is 10.4. The number of rotatable bonds is 2. The van der Waals surface area contributed by atoms with E-state index in [-0.39, 0.29) is 0 Å². The minimum atomic E-state index is -0.627. The molecule has 0 atom stereocenters. The fraction of sp³-hybridized carbons (Fsp3) is 0. The van der Waals surface area contributed by atoms with Crippen LogP contribution in [0.5, 0.6) is 0 Å². The first-order valence-electron chi connectivity index (χ1n) is 3.45. The highest BCUT2D eigenvalue weighted by molar-refractivity contribution is 7.98. The first-order valence-corrected chi connectivity index (χ1v) is 4.27. The molecule has 0 aliphatic heterocycles. The highest BCUT2D eigenvalue weighted by Crippen LogP contribution is 2.18. The van der Waals surface area contributed by atoms with Crippen molar-refractivity contribution in [2.75, 3.05) is 0 Å². The lowest BCUT2D eigenvalue weighted by molar-refractivity contribution is 0.254. The number of carbonyl (C=O) groups excluding carboxylic acids is 1. The normalized spacial score (nSPS) is 8.85. The number of nitrogens with zero attached hydrogens (tertiary/aromatic N) is 1. The summed E-state index contributed by atoms with van der Waals surface area (Å²) in [7, 11) is 0. The smallest absolute Gasteiger partial charge is 0.322 e. The summed E-state index contributed by atoms with van der Waals surface area (Å²) in [5.41, 5.74) is 5.39. The lowest BCUT2D eigenvalue weighted by Gasteiger charge is -2.01. The van der Waals surface area contributed by atoms with Gasteiger partial charge in [-0.1, -0.05) is 12.1 Å². The first kappa shape index (κ1) is 9.42. The Kier molecular flexibility index (Phi) is 3.17. The summed E-state index contributed by atoms with van der Waals surface area (Å²) in [5.74, 6) is 0. The Morgan fingerprint density at radius 1 is 1.54 bits per heavy atom. The zero-order chi connectivity index (χ0) is 9.68. The fourth-order valence-corrected chi connectivity index (χ4v) is 1.33. The van der Waals surface area contributed by atoms with Gasteiger partial charge < -0.3 is 5.73 Å². The minimum absolute atomic E-state index is 0.515. The van der Waals surface area contributed by atoms with Crippen LogP contribution in [0.2, 0.25) is 0 Å². The number of carbonyl (C=O) groups is 1. The van der Waals surface area contributed by atoms with Gasteiger partial charge in [0, 0.05) is 4.90 Å². The van der Waals surface area contributed by atoms with E-state index in [1.165, 1.54) is 0 Å². The molecule has 2 amide bonds. The largest absolute Gasteiger partial charge is 0.351 e. The summed E-state index contributed by atoms with van der Waals surface area (Å²) in [6.45, 7) is 0. The van der Waals surface area contributed by atoms with Gasteiger partial charge in [-0.15, -0.1) is 0 Å². The van der Waals surface area contributed by atoms with Crippen molar-refractivity contribution in [3.63, 3.8) is 0 Å². The van der Waals surface area contributed by atoms with Crippen LogP contribution in [0.15, 0.2) is 29.2 Å². The van der Waals surface area contributed by atoms with Gasteiger partial charge in [-0.25, -0.2) is 4.79 Å². The monoisotopic (exact) mass is 193 g/mol. The van der Waals surface area contributed by atoms with Gasteiger partial charge in [0.15, 0.2) is 0 Å². The quantitative estimate of drug-likeness (QED) is 0.693. The number of nitrogens with one attached hydrogen (secondary N) is 1. The van der Waals surface area contributed by atoms with E-state index in [1.807, 2.05) is 6.07 Å². The molecule has 0 unspecified atom stereocenters. The van der Waals surface area contributed by atoms with E-state index >= 15 is 0 Å². The SMILES string of the molecule is N#Cc1ccccc1SNC(N)=O. The molecule has 0 saturated carbocycles. The van der Waals surface area contributed by atoms with Crippen LogP contribution < -0.4 is 10.5 Å². The summed E-state index contributed by atoms with van der Waals surface area (Å²) >= 11 is 1.03. The first-order chi connectivity index (χ1) is 6.24. The molecule has 13 heavy (non-hydrogen) atoms. The highest BCUT2D eigenvalue weighted by atomic mass is 32.2. The van der Waals surface area contributed by atoms with Gasteiger partial charge in [-0.3, -0.25) is 4.72 Å². The molecule has 0 aromatic heterocycles. The molecule has 0 spiro atoms. The summed E-state index contributed by atoms with van der Waals surface area (Å²) in [4.78, 5) is 11.1. The number of hydrogen-bond donors (Lipinski definition) is 2. The molecule has 0 aliphatic rings. The van der Waals surface area contributed by atoms with Gasteiger partial charge in [0.05, 0.1) is 5.56 Å². The van der Waals surface area contributed by atoms with Crippen LogP contribution in [0.3, 0.4) is 0 Å². The number of urea groups is 1. The fourth-order valence-electron chi connectivity index (χ4n) is 0.753. The zero-order valence-electron chi connectivity index (χ0n) is 6.65. The maximum Gasteiger partial charge on any atom is 0.322 e. The van der Waals surface area contributed by atoms with Crippen molar-refractivity contribution in [1.29, 1.82) is 5.26 Å². The topological polar surface area (TPSA) is 78.9 Å². The molecule has 0 radical (unpaired) electrons. The molecule has 0 saturated heterocycles. The Hall–Kier alpha value is -1.67. The van der Waals surface area contributed by atoms with Crippen molar-refractivity contribution in [1.82, 2.24) is 4.72 Å². The van der Waals surface area contributed by atoms with Gasteiger partial charge >= 0.3 is 6.03 Å². The Morgan fingerprint density at radius 2 is 2.23 bits per heavy atom. The predicted octanol–water partition coefficient (Wildman–Crippen LogP) is 1.23. The third-order valence-electron chi connectivity index (χ3n) is 1.27. The molecule has 4 nitrogen and oxygen atoms in total. The lowest BCUT2D eigenvalue weighted by Crippen LogP contribution is -2.22. The van der Waals surface area contributed by atoms with Crippen molar-refractivity contribution in [2.24, 2.45) is 5.73 Å². The van der Waals surface area contributed by atoms with Crippen molar-refractivity contribution < 1.29 is 4.79 Å². The molecule has 5 heteroatoms. The lowest BCUT2D eigenvalue weighted by atomic mass is 10.2. The van der Waals surface area contributed by atoms with E-state index in [0.29, 0.717) is 10.5 Å². The van der Waals surface area contributed by atoms with Crippen LogP contribution in [-0.4, -0.2) is 6.03 Å². The number of amides is 2. The second kappa shape index (κ2) is 4.38. The number of primary amides is 1. The molecule has 0 aliphatic carbocycles. The van der Waals surface area contributed by atoms with Crippen molar-refractivity contribution in [2.45, 2.75) is 4.90 Å². The van der Waals surface area contributed by atoms with Gasteiger partial charge in [-0.2, -0.15) is 5.26 Å². The molecule has 0 bridgehead atoms. The van der Waals surface area contributed by atoms with Crippen molar-refractivity contribution in [3.8, 4) is 6.07 Å². The van der Waals surface area contributed by atoms with Gasteiger partial charge in [0.25, 0.3) is 0 Å². The minimum Gasteiger partial charge on any atom is -0.351 e. The Morgan fingerprint density at radius 3 is 2.85 bits per heavy atom. The maximum absolute atomic E-state index is 10.4. The predicted molar refractivity (Wildman–Crippen MR) is 49.7 cm³/mol. The average molecular weight is 193 g/mol. The zero-order valence-corrected chi connectivity index (χ0v) is 7.47. The Balaban J connectivity index is 2.77. The molecule has 0 heterocycles. The average Bonchev–Trinajstić information content (AvgIpc) is 2.15. The van der Waals surface area contributed by atoms with E-state index in [2.05, 4.69) is 4.72 Å². The number of nitriles is 1. The van der Waals surface area contributed by atoms with Crippen LogP contribution in [0.4, 0.5) is 4.79 Å². The molecular formula is C8H7N3OS. The molecule has 1 aromatic carbocycles. The third-order valence-corrected chi connectivity index (χ3v) is 2.15. The Bertz CT molecular complexity index is 359. The summed E-state index contributed by atoms with van der Waals surface area (Å²) in [5, 5.41) is 8.68. The van der Waals surface area contributed by atoms with E-state index in [1.54, 1.807) is 24.3 Å². The van der Waals surface area contributed by atoms with Crippen molar-refractivity contribution in [3.05, 3.63) is 29.8 Å². The van der Waals surface area contributed by atoms with Crippen LogP contribution in [0.25, 0.3) is 0 Å². The van der Waals surface area contributed by atoms with Crippen LogP contribution in [0, 0.1) is 11.3 Å². The van der Waals surface area contributed by atoms with Gasteiger partial charge in [0.1, 0.15) is 6.07 Å². The van der Waals surface area contributed by atoms with Gasteiger partial charge in [-0.05, 0) is 24.1 Å². The molecule has 0 fully saturated rings. The van der Waals surface area contributed by atoms with E-state index in [9.17, 15) is 4.79 Å². The number of nitrogens with two attached hydrogens (primary N) is 1. The van der Waals surface area contributed by atoms with Crippen LogP contribution in [0.1, 0.15) is 5.56 Å². The third kappa shape index (κ3) is 2.69. The molecule has 1 rings (SSSR count). The summed E-state index contributed by atoms with van der Waals surface area (Å²) in [6.07, 6.45) is 0. The van der Waals surface area contributed by atoms with E-state index in [4.69, 9.17) is 11.0 Å². The van der Waals surface area contributed by atoms with Crippen LogP contribution >= 0.6 is 11.9 Å². The van der Waals surface area contributed by atoms with Crippen molar-refractivity contribution >= 4 is 18.0 Å². The number of hydrogen-bond acceptors (Lipinski definition) is 3. The highest BCUT2D eigenvalue weighted by Gasteiger charge is 2.01. The van der Waals surface area contributed by atoms with Gasteiger partial charge in [0.2, 0.25) is 0 Å². The molecule has 1 aromatic rings. The summed E-state index contributed by atoms with van der Waals surface area (Å²) in [6, 6.07) is 8.33. The van der Waals surface area contributed by atoms with Crippen LogP contribution in [-0.2, 0) is 0 Å². The molecular weight excluding hydrogens is 186 g/mol. The summed E-state index contributed by atoms with van der Waals surface area (Å²) < 4.78 is 2.34.